The molecule has 3 heteroatoms. The van der Waals surface area contributed by atoms with Gasteiger partial charge in [0, 0.05) is 0 Å². The normalized spacial score (nSPS) is 9.78. The summed E-state index contributed by atoms with van der Waals surface area (Å²) in [6.07, 6.45) is 5.50. The lowest BCUT2D eigenvalue weighted by Crippen LogP contribution is -2.12. The van der Waals surface area contributed by atoms with Crippen LogP contribution in [0.4, 0.5) is 0 Å². The van der Waals surface area contributed by atoms with Crippen molar-refractivity contribution in [3.8, 4) is 0 Å². The van der Waals surface area contributed by atoms with Gasteiger partial charge in [-0.3, -0.25) is 0 Å². The fourth-order valence-corrected chi connectivity index (χ4v) is 1.43. The summed E-state index contributed by atoms with van der Waals surface area (Å²) in [6, 6.07) is 8.06. The number of hydrogen-bond acceptors (Lipinski definition) is 2. The van der Waals surface area contributed by atoms with Crippen molar-refractivity contribution in [2.45, 2.75) is 32.6 Å². The minimum atomic E-state index is -1.13. The monoisotopic (exact) mass is 250 g/mol. The maximum absolute atomic E-state index is 10.1. The smallest absolute Gasteiger partial charge is 0.309 e. The Bertz CT molecular complexity index is 310. The summed E-state index contributed by atoms with van der Waals surface area (Å²) in [5, 5.41) is 10.1. The van der Waals surface area contributed by atoms with Gasteiger partial charge in [-0.15, -0.1) is 0 Å². The van der Waals surface area contributed by atoms with E-state index in [1.165, 1.54) is 44.4 Å². The van der Waals surface area contributed by atoms with Crippen LogP contribution in [0.2, 0.25) is 0 Å². The fourth-order valence-electron chi connectivity index (χ4n) is 1.43. The van der Waals surface area contributed by atoms with Crippen LogP contribution >= 0.6 is 0 Å². The summed E-state index contributed by atoms with van der Waals surface area (Å²) in [4.78, 5) is 12.3. The summed E-state index contributed by atoms with van der Waals surface area (Å²) in [7, 11) is 4.26. The van der Waals surface area contributed by atoms with Gasteiger partial charge in [0.1, 0.15) is 0 Å². The zero-order valence-electron chi connectivity index (χ0n) is 11.7. The molecule has 0 saturated carbocycles. The zero-order chi connectivity index (χ0) is 13.8. The molecule has 0 aliphatic carbocycles. The molecular weight excluding hydrogens is 226 g/mol. The Kier molecular flexibility index (Phi) is 9.97. The third kappa shape index (κ3) is 9.85. The van der Waals surface area contributed by atoms with Gasteiger partial charge in [0.05, 0.1) is 5.56 Å². The molecule has 101 valence electrons. The zero-order valence-corrected chi connectivity index (χ0v) is 11.7. The number of hydrogen-bond donors (Lipinski definition) is 0. The van der Waals surface area contributed by atoms with Crippen molar-refractivity contribution >= 4 is 5.97 Å². The van der Waals surface area contributed by atoms with Crippen LogP contribution in [0.25, 0.3) is 0 Å². The van der Waals surface area contributed by atoms with E-state index >= 15 is 0 Å². The third-order valence-corrected chi connectivity index (χ3v) is 2.47. The van der Waals surface area contributed by atoms with E-state index < -0.39 is 5.97 Å². The van der Waals surface area contributed by atoms with Crippen LogP contribution in [-0.4, -0.2) is 31.5 Å². The van der Waals surface area contributed by atoms with Crippen LogP contribution in [0.15, 0.2) is 30.3 Å². The minimum Gasteiger partial charge on any atom is -0.309 e. The number of nitrogens with zero attached hydrogens (tertiary/aromatic N) is 1. The summed E-state index contributed by atoms with van der Waals surface area (Å²) >= 11 is 0. The van der Waals surface area contributed by atoms with Crippen molar-refractivity contribution in [2.24, 2.45) is 0 Å². The number of benzene rings is 1. The second-order valence-electron chi connectivity index (χ2n) is 4.52. The molecule has 0 atom stereocenters. The molecule has 0 bridgehead atoms. The van der Waals surface area contributed by atoms with E-state index in [9.17, 15) is 9.90 Å². The maximum Gasteiger partial charge on any atom is 0.386 e. The first kappa shape index (κ1) is 16.6. The Morgan fingerprint density at radius 1 is 1.06 bits per heavy atom. The first-order valence-corrected chi connectivity index (χ1v) is 6.49. The van der Waals surface area contributed by atoms with Crippen LogP contribution in [0.5, 0.6) is 0 Å². The van der Waals surface area contributed by atoms with Gasteiger partial charge < -0.3 is 4.90 Å². The second-order valence-corrected chi connectivity index (χ2v) is 4.52. The highest BCUT2D eigenvalue weighted by Gasteiger charge is 1.99. The number of rotatable bonds is 6. The summed E-state index contributed by atoms with van der Waals surface area (Å²) < 4.78 is 0. The molecule has 0 aromatic heterocycles. The van der Waals surface area contributed by atoms with Gasteiger partial charge in [0.2, 0.25) is 0 Å². The van der Waals surface area contributed by atoms with Crippen LogP contribution in [0.1, 0.15) is 43.0 Å². The standard InChI is InChI=1S/C8H19N.C7H5O2/c1-4-5-6-7-8-9(2)3;8-7(9)6-4-2-1-3-5-6/h4-8H2,1-3H3;1-5H. The predicted octanol–water partition coefficient (Wildman–Crippen LogP) is 3.39. The average Bonchev–Trinajstić information content (AvgIpc) is 2.36. The van der Waals surface area contributed by atoms with Gasteiger partial charge in [-0.05, 0) is 39.2 Å². The van der Waals surface area contributed by atoms with Gasteiger partial charge in [-0.2, -0.15) is 0 Å². The highest BCUT2D eigenvalue weighted by Crippen LogP contribution is 1.98. The van der Waals surface area contributed by atoms with Gasteiger partial charge >= 0.3 is 5.97 Å². The molecule has 0 amide bonds. The Morgan fingerprint density at radius 3 is 2.06 bits per heavy atom. The molecule has 1 aromatic rings. The summed E-state index contributed by atoms with van der Waals surface area (Å²) in [6.45, 7) is 3.50. The lowest BCUT2D eigenvalue weighted by molar-refractivity contribution is 0.0573. The number of carbonyl (C=O) groups excluding carboxylic acids is 1. The van der Waals surface area contributed by atoms with E-state index in [0.717, 1.165) is 0 Å². The fraction of sp³-hybridized carbons (Fsp3) is 0.533. The number of carbonyl (C=O) groups is 1. The largest absolute Gasteiger partial charge is 0.386 e. The Labute approximate surface area is 110 Å². The van der Waals surface area contributed by atoms with Crippen molar-refractivity contribution in [2.75, 3.05) is 20.6 Å². The molecule has 0 heterocycles. The molecule has 0 saturated heterocycles. The Hall–Kier alpha value is -1.35. The van der Waals surface area contributed by atoms with E-state index in [2.05, 4.69) is 25.9 Å². The van der Waals surface area contributed by atoms with E-state index in [4.69, 9.17) is 0 Å². The molecule has 0 spiro atoms. The molecule has 0 unspecified atom stereocenters. The topological polar surface area (TPSA) is 40.2 Å². The van der Waals surface area contributed by atoms with E-state index in [0.29, 0.717) is 0 Å². The second kappa shape index (κ2) is 10.8. The lowest BCUT2D eigenvalue weighted by atomic mass is 10.2. The van der Waals surface area contributed by atoms with Crippen LogP contribution in [-0.2, 0) is 5.11 Å². The summed E-state index contributed by atoms with van der Waals surface area (Å²) in [5.41, 5.74) is 0.220. The number of unbranched alkanes of at least 4 members (excludes halogenated alkanes) is 3. The third-order valence-electron chi connectivity index (χ3n) is 2.47. The van der Waals surface area contributed by atoms with Gasteiger partial charge in [-0.1, -0.05) is 44.4 Å². The van der Waals surface area contributed by atoms with Crippen LogP contribution < -0.4 is 0 Å². The van der Waals surface area contributed by atoms with Crippen LogP contribution in [0, 0.1) is 0 Å². The Balaban J connectivity index is 0.000000321. The van der Waals surface area contributed by atoms with Crippen molar-refractivity contribution in [3.05, 3.63) is 35.9 Å². The quantitative estimate of drug-likeness (QED) is 0.726. The Morgan fingerprint density at radius 2 is 1.67 bits per heavy atom. The molecular formula is C15H24NO2. The van der Waals surface area contributed by atoms with E-state index in [1.54, 1.807) is 18.2 Å². The molecule has 0 aliphatic heterocycles. The van der Waals surface area contributed by atoms with Crippen molar-refractivity contribution in [1.29, 1.82) is 0 Å². The molecule has 3 nitrogen and oxygen atoms in total. The van der Waals surface area contributed by atoms with Crippen molar-refractivity contribution in [1.82, 2.24) is 4.90 Å². The van der Waals surface area contributed by atoms with E-state index in [-0.39, 0.29) is 5.56 Å². The van der Waals surface area contributed by atoms with Crippen molar-refractivity contribution in [3.63, 3.8) is 0 Å². The lowest BCUT2D eigenvalue weighted by Gasteiger charge is -2.07. The highest BCUT2D eigenvalue weighted by atomic mass is 16.4. The first-order valence-electron chi connectivity index (χ1n) is 6.49. The van der Waals surface area contributed by atoms with E-state index in [1.807, 2.05) is 0 Å². The maximum atomic E-state index is 10.1. The molecule has 1 aromatic carbocycles. The summed E-state index contributed by atoms with van der Waals surface area (Å²) in [5.74, 6) is -1.13. The predicted molar refractivity (Wildman–Crippen MR) is 74.2 cm³/mol. The molecule has 0 fully saturated rings. The molecule has 18 heavy (non-hydrogen) atoms. The minimum absolute atomic E-state index is 0.220. The molecule has 0 N–H and O–H groups in total. The molecule has 1 radical (unpaired) electrons. The SMILES string of the molecule is CCCCCCN(C)C.[O]C(=O)c1ccccc1. The van der Waals surface area contributed by atoms with Gasteiger partial charge in [-0.25, -0.2) is 9.90 Å². The average molecular weight is 250 g/mol. The molecule has 0 aliphatic rings. The van der Waals surface area contributed by atoms with Crippen molar-refractivity contribution < 1.29 is 9.90 Å². The van der Waals surface area contributed by atoms with Gasteiger partial charge in [0.25, 0.3) is 0 Å². The molecule has 1 rings (SSSR count). The van der Waals surface area contributed by atoms with Gasteiger partial charge in [0.15, 0.2) is 0 Å². The highest BCUT2D eigenvalue weighted by molar-refractivity contribution is 5.86. The first-order chi connectivity index (χ1) is 8.57. The van der Waals surface area contributed by atoms with Crippen LogP contribution in [0.3, 0.4) is 0 Å².